The predicted octanol–water partition coefficient (Wildman–Crippen LogP) is 2.56. The van der Waals surface area contributed by atoms with Gasteiger partial charge in [-0.25, -0.2) is 0 Å². The molecule has 3 heteroatoms. The summed E-state index contributed by atoms with van der Waals surface area (Å²) < 4.78 is 5.28. The minimum absolute atomic E-state index is 0.661. The zero-order chi connectivity index (χ0) is 14.4. The van der Waals surface area contributed by atoms with Gasteiger partial charge >= 0.3 is 0 Å². The molecular weight excluding hydrogens is 248 g/mol. The second-order valence-electron chi connectivity index (χ2n) is 6.18. The standard InChI is InChI=1S/C17H28N2O/c1-14(2)11-16-13-19(10-8-18-16)9-7-15-5-4-6-17(12-15)20-3/h4-6,12,14,16,18H,7-11,13H2,1-3H3. The number of rotatable bonds is 6. The highest BCUT2D eigenvalue weighted by atomic mass is 16.5. The third-order valence-electron chi connectivity index (χ3n) is 3.95. The smallest absolute Gasteiger partial charge is 0.119 e. The molecule has 1 aliphatic heterocycles. The summed E-state index contributed by atoms with van der Waals surface area (Å²) in [7, 11) is 1.73. The van der Waals surface area contributed by atoms with Gasteiger partial charge in [0.1, 0.15) is 5.75 Å². The van der Waals surface area contributed by atoms with Crippen molar-refractivity contribution in [3.8, 4) is 5.75 Å². The fourth-order valence-electron chi connectivity index (χ4n) is 2.94. The van der Waals surface area contributed by atoms with Crippen molar-refractivity contribution in [1.82, 2.24) is 10.2 Å². The molecule has 2 rings (SSSR count). The Morgan fingerprint density at radius 2 is 2.25 bits per heavy atom. The zero-order valence-electron chi connectivity index (χ0n) is 13.1. The molecule has 3 nitrogen and oxygen atoms in total. The summed E-state index contributed by atoms with van der Waals surface area (Å²) in [6.45, 7) is 9.22. The van der Waals surface area contributed by atoms with Gasteiger partial charge in [0.05, 0.1) is 7.11 Å². The number of piperazine rings is 1. The van der Waals surface area contributed by atoms with Crippen LogP contribution in [0.2, 0.25) is 0 Å². The minimum Gasteiger partial charge on any atom is -0.497 e. The van der Waals surface area contributed by atoms with Gasteiger partial charge in [0.25, 0.3) is 0 Å². The molecular formula is C17H28N2O. The van der Waals surface area contributed by atoms with Crippen LogP contribution in [-0.2, 0) is 6.42 Å². The summed E-state index contributed by atoms with van der Waals surface area (Å²) in [5.74, 6) is 1.73. The lowest BCUT2D eigenvalue weighted by atomic mass is 10.0. The second kappa shape index (κ2) is 7.65. The van der Waals surface area contributed by atoms with Crippen molar-refractivity contribution in [3.63, 3.8) is 0 Å². The number of nitrogens with zero attached hydrogens (tertiary/aromatic N) is 1. The molecule has 0 aliphatic carbocycles. The highest BCUT2D eigenvalue weighted by Gasteiger charge is 2.19. The first-order chi connectivity index (χ1) is 9.67. The molecule has 0 spiro atoms. The van der Waals surface area contributed by atoms with Gasteiger partial charge < -0.3 is 15.0 Å². The molecule has 0 aromatic heterocycles. The fraction of sp³-hybridized carbons (Fsp3) is 0.647. The van der Waals surface area contributed by atoms with Crippen molar-refractivity contribution in [2.75, 3.05) is 33.3 Å². The van der Waals surface area contributed by atoms with Gasteiger partial charge in [-0.2, -0.15) is 0 Å². The monoisotopic (exact) mass is 276 g/mol. The maximum atomic E-state index is 5.28. The number of methoxy groups -OCH3 is 1. The molecule has 1 heterocycles. The number of hydrogen-bond donors (Lipinski definition) is 1. The average molecular weight is 276 g/mol. The van der Waals surface area contributed by atoms with E-state index in [0.717, 1.165) is 31.2 Å². The number of benzene rings is 1. The van der Waals surface area contributed by atoms with E-state index >= 15 is 0 Å². The van der Waals surface area contributed by atoms with E-state index in [1.807, 2.05) is 6.07 Å². The zero-order valence-corrected chi connectivity index (χ0v) is 13.1. The van der Waals surface area contributed by atoms with Crippen molar-refractivity contribution in [2.24, 2.45) is 5.92 Å². The number of ether oxygens (including phenoxy) is 1. The van der Waals surface area contributed by atoms with E-state index in [9.17, 15) is 0 Å². The van der Waals surface area contributed by atoms with E-state index in [2.05, 4.69) is 42.3 Å². The van der Waals surface area contributed by atoms with E-state index in [-0.39, 0.29) is 0 Å². The van der Waals surface area contributed by atoms with Gasteiger partial charge in [-0.15, -0.1) is 0 Å². The Balaban J connectivity index is 1.80. The fourth-order valence-corrected chi connectivity index (χ4v) is 2.94. The quantitative estimate of drug-likeness (QED) is 0.864. The Labute approximate surface area is 123 Å². The Kier molecular flexibility index (Phi) is 5.86. The SMILES string of the molecule is COc1cccc(CCN2CCNC(CC(C)C)C2)c1. The second-order valence-corrected chi connectivity index (χ2v) is 6.18. The summed E-state index contributed by atoms with van der Waals surface area (Å²) in [5.41, 5.74) is 1.36. The number of hydrogen-bond acceptors (Lipinski definition) is 3. The molecule has 1 saturated heterocycles. The molecule has 1 aromatic rings. The van der Waals surface area contributed by atoms with Crippen LogP contribution < -0.4 is 10.1 Å². The third-order valence-corrected chi connectivity index (χ3v) is 3.95. The summed E-state index contributed by atoms with van der Waals surface area (Å²) in [6, 6.07) is 9.08. The van der Waals surface area contributed by atoms with Gasteiger partial charge in [-0.3, -0.25) is 0 Å². The van der Waals surface area contributed by atoms with E-state index in [0.29, 0.717) is 6.04 Å². The lowest BCUT2D eigenvalue weighted by Crippen LogP contribution is -2.51. The normalized spacial score (nSPS) is 20.3. The first-order valence-electron chi connectivity index (χ1n) is 7.76. The number of nitrogens with one attached hydrogen (secondary N) is 1. The molecule has 0 bridgehead atoms. The Hall–Kier alpha value is -1.06. The van der Waals surface area contributed by atoms with Crippen molar-refractivity contribution in [1.29, 1.82) is 0 Å². The molecule has 1 aromatic carbocycles. The largest absolute Gasteiger partial charge is 0.497 e. The molecule has 0 saturated carbocycles. The summed E-state index contributed by atoms with van der Waals surface area (Å²) in [5, 5.41) is 3.64. The van der Waals surface area contributed by atoms with Gasteiger partial charge in [0.2, 0.25) is 0 Å². The maximum Gasteiger partial charge on any atom is 0.119 e. The van der Waals surface area contributed by atoms with Crippen LogP contribution in [0, 0.1) is 5.92 Å². The van der Waals surface area contributed by atoms with E-state index in [4.69, 9.17) is 4.74 Å². The lowest BCUT2D eigenvalue weighted by molar-refractivity contribution is 0.188. The highest BCUT2D eigenvalue weighted by molar-refractivity contribution is 5.28. The average Bonchev–Trinajstić information content (AvgIpc) is 2.45. The summed E-state index contributed by atoms with van der Waals surface area (Å²) in [4.78, 5) is 2.59. The topological polar surface area (TPSA) is 24.5 Å². The van der Waals surface area contributed by atoms with Crippen LogP contribution in [0.4, 0.5) is 0 Å². The van der Waals surface area contributed by atoms with Crippen LogP contribution in [0.5, 0.6) is 5.75 Å². The molecule has 1 aliphatic rings. The van der Waals surface area contributed by atoms with E-state index in [1.165, 1.54) is 25.1 Å². The van der Waals surface area contributed by atoms with Crippen molar-refractivity contribution < 1.29 is 4.74 Å². The van der Waals surface area contributed by atoms with Crippen LogP contribution in [0.25, 0.3) is 0 Å². The predicted molar refractivity (Wildman–Crippen MR) is 84.4 cm³/mol. The first kappa shape index (κ1) is 15.3. The first-order valence-corrected chi connectivity index (χ1v) is 7.76. The maximum absolute atomic E-state index is 5.28. The highest BCUT2D eigenvalue weighted by Crippen LogP contribution is 2.14. The minimum atomic E-state index is 0.661. The van der Waals surface area contributed by atoms with Crippen LogP contribution in [-0.4, -0.2) is 44.2 Å². The van der Waals surface area contributed by atoms with Gasteiger partial charge in [0.15, 0.2) is 0 Å². The van der Waals surface area contributed by atoms with Crippen LogP contribution in [0.1, 0.15) is 25.8 Å². The van der Waals surface area contributed by atoms with Gasteiger partial charge in [0, 0.05) is 32.2 Å². The van der Waals surface area contributed by atoms with Crippen molar-refractivity contribution in [2.45, 2.75) is 32.7 Å². The van der Waals surface area contributed by atoms with Crippen molar-refractivity contribution >= 4 is 0 Å². The Bertz CT molecular complexity index is 406. The lowest BCUT2D eigenvalue weighted by Gasteiger charge is -2.34. The molecule has 1 fully saturated rings. The third kappa shape index (κ3) is 4.80. The van der Waals surface area contributed by atoms with Crippen LogP contribution >= 0.6 is 0 Å². The van der Waals surface area contributed by atoms with Gasteiger partial charge in [-0.05, 0) is 36.5 Å². The van der Waals surface area contributed by atoms with Crippen LogP contribution in [0.3, 0.4) is 0 Å². The molecule has 112 valence electrons. The molecule has 1 atom stereocenters. The molecule has 1 N–H and O–H groups in total. The Morgan fingerprint density at radius 3 is 3.00 bits per heavy atom. The molecule has 20 heavy (non-hydrogen) atoms. The molecule has 0 amide bonds. The summed E-state index contributed by atoms with van der Waals surface area (Å²) >= 11 is 0. The molecule has 1 unspecified atom stereocenters. The van der Waals surface area contributed by atoms with Crippen molar-refractivity contribution in [3.05, 3.63) is 29.8 Å². The molecule has 0 radical (unpaired) electrons. The Morgan fingerprint density at radius 1 is 1.40 bits per heavy atom. The van der Waals surface area contributed by atoms with E-state index < -0.39 is 0 Å². The van der Waals surface area contributed by atoms with Gasteiger partial charge in [-0.1, -0.05) is 26.0 Å². The van der Waals surface area contributed by atoms with E-state index in [1.54, 1.807) is 7.11 Å². The summed E-state index contributed by atoms with van der Waals surface area (Å²) in [6.07, 6.45) is 2.38. The van der Waals surface area contributed by atoms with Crippen LogP contribution in [0.15, 0.2) is 24.3 Å².